The molecule has 1 aliphatic rings. The van der Waals surface area contributed by atoms with Gasteiger partial charge in [-0.2, -0.15) is 4.31 Å². The molecule has 1 fully saturated rings. The highest BCUT2D eigenvalue weighted by Crippen LogP contribution is 2.31. The van der Waals surface area contributed by atoms with Crippen LogP contribution in [0.15, 0.2) is 41.3 Å². The zero-order valence-electron chi connectivity index (χ0n) is 16.3. The van der Waals surface area contributed by atoms with E-state index in [9.17, 15) is 13.2 Å². The maximum absolute atomic E-state index is 12.9. The topological polar surface area (TPSA) is 69.7 Å². The Bertz CT molecular complexity index is 979. The van der Waals surface area contributed by atoms with E-state index in [0.29, 0.717) is 13.1 Å². The largest absolute Gasteiger partial charge is 0.325 e. The first-order valence-electron chi connectivity index (χ1n) is 9.21. The fraction of sp³-hybridized carbons (Fsp3) is 0.350. The molecule has 1 aliphatic heterocycles. The first-order valence-corrected chi connectivity index (χ1v) is 11.4. The highest BCUT2D eigenvalue weighted by molar-refractivity contribution is 7.89. The van der Waals surface area contributed by atoms with Gasteiger partial charge in [0.1, 0.15) is 4.90 Å². The van der Waals surface area contributed by atoms with Crippen LogP contribution in [0.2, 0.25) is 10.0 Å². The zero-order valence-corrected chi connectivity index (χ0v) is 18.6. The van der Waals surface area contributed by atoms with Crippen molar-refractivity contribution in [3.8, 4) is 0 Å². The highest BCUT2D eigenvalue weighted by atomic mass is 35.5. The van der Waals surface area contributed by atoms with Gasteiger partial charge in [-0.15, -0.1) is 0 Å². The number of carbonyl (C=O) groups is 1. The maximum Gasteiger partial charge on any atom is 0.246 e. The molecule has 156 valence electrons. The van der Waals surface area contributed by atoms with Crippen molar-refractivity contribution in [2.75, 3.05) is 38.0 Å². The molecule has 1 heterocycles. The fourth-order valence-corrected chi connectivity index (χ4v) is 5.95. The highest BCUT2D eigenvalue weighted by Gasteiger charge is 2.32. The van der Waals surface area contributed by atoms with Crippen LogP contribution < -0.4 is 5.32 Å². The van der Waals surface area contributed by atoms with Crippen molar-refractivity contribution in [2.45, 2.75) is 18.7 Å². The first-order chi connectivity index (χ1) is 13.7. The van der Waals surface area contributed by atoms with Gasteiger partial charge in [0.25, 0.3) is 0 Å². The molecule has 1 saturated heterocycles. The van der Waals surface area contributed by atoms with Crippen molar-refractivity contribution in [1.82, 2.24) is 9.21 Å². The van der Waals surface area contributed by atoms with E-state index in [1.54, 1.807) is 6.07 Å². The van der Waals surface area contributed by atoms with Gasteiger partial charge in [-0.05, 0) is 49.2 Å². The predicted molar refractivity (Wildman–Crippen MR) is 116 cm³/mol. The summed E-state index contributed by atoms with van der Waals surface area (Å²) in [5.41, 5.74) is 2.93. The molecule has 0 unspecified atom stereocenters. The average Bonchev–Trinajstić information content (AvgIpc) is 2.60. The van der Waals surface area contributed by atoms with Gasteiger partial charge in [-0.1, -0.05) is 35.3 Å². The van der Waals surface area contributed by atoms with E-state index in [-0.39, 0.29) is 40.5 Å². The van der Waals surface area contributed by atoms with Crippen molar-refractivity contribution in [2.24, 2.45) is 0 Å². The van der Waals surface area contributed by atoms with E-state index in [1.165, 1.54) is 16.4 Å². The number of nitrogens with one attached hydrogen (secondary N) is 1. The molecule has 1 amide bonds. The fourth-order valence-electron chi connectivity index (χ4n) is 3.44. The summed E-state index contributed by atoms with van der Waals surface area (Å²) >= 11 is 12.2. The molecule has 0 radical (unpaired) electrons. The van der Waals surface area contributed by atoms with E-state index in [4.69, 9.17) is 23.2 Å². The smallest absolute Gasteiger partial charge is 0.246 e. The SMILES string of the molecule is Cc1cc(C)cc(NC(=O)CN2CCN(S(=O)(=O)c3c(Cl)cccc3Cl)CC2)c1. The number of anilines is 1. The third kappa shape index (κ3) is 5.29. The summed E-state index contributed by atoms with van der Waals surface area (Å²) < 4.78 is 27.2. The van der Waals surface area contributed by atoms with Crippen LogP contribution in [-0.4, -0.2) is 56.3 Å². The minimum absolute atomic E-state index is 0.0654. The Hall–Kier alpha value is -1.64. The molecule has 0 atom stereocenters. The van der Waals surface area contributed by atoms with Crippen molar-refractivity contribution in [3.63, 3.8) is 0 Å². The van der Waals surface area contributed by atoms with Crippen LogP contribution in [0.1, 0.15) is 11.1 Å². The summed E-state index contributed by atoms with van der Waals surface area (Å²) in [5.74, 6) is -0.125. The molecule has 0 saturated carbocycles. The number of hydrogen-bond acceptors (Lipinski definition) is 4. The number of hydrogen-bond donors (Lipinski definition) is 1. The minimum atomic E-state index is -3.79. The van der Waals surface area contributed by atoms with Crippen LogP contribution in [0, 0.1) is 13.8 Å². The molecule has 2 aromatic carbocycles. The van der Waals surface area contributed by atoms with Gasteiger partial charge in [0.05, 0.1) is 16.6 Å². The Morgan fingerprint density at radius 3 is 2.10 bits per heavy atom. The molecular weight excluding hydrogens is 433 g/mol. The lowest BCUT2D eigenvalue weighted by molar-refractivity contribution is -0.117. The third-order valence-corrected chi connectivity index (χ3v) is 7.58. The molecule has 6 nitrogen and oxygen atoms in total. The van der Waals surface area contributed by atoms with Gasteiger partial charge in [-0.25, -0.2) is 8.42 Å². The van der Waals surface area contributed by atoms with E-state index in [1.807, 2.05) is 36.9 Å². The van der Waals surface area contributed by atoms with Crippen molar-refractivity contribution < 1.29 is 13.2 Å². The van der Waals surface area contributed by atoms with Crippen LogP contribution >= 0.6 is 23.2 Å². The van der Waals surface area contributed by atoms with Gasteiger partial charge >= 0.3 is 0 Å². The number of sulfonamides is 1. The second-order valence-corrected chi connectivity index (χ2v) is 9.84. The lowest BCUT2D eigenvalue weighted by atomic mass is 10.1. The number of benzene rings is 2. The molecule has 9 heteroatoms. The van der Waals surface area contributed by atoms with Gasteiger partial charge in [0.2, 0.25) is 15.9 Å². The van der Waals surface area contributed by atoms with Crippen LogP contribution in [0.4, 0.5) is 5.69 Å². The van der Waals surface area contributed by atoms with Gasteiger partial charge in [0.15, 0.2) is 0 Å². The van der Waals surface area contributed by atoms with Crippen LogP contribution in [0.25, 0.3) is 0 Å². The molecule has 0 aliphatic carbocycles. The molecule has 3 rings (SSSR count). The molecule has 0 aromatic heterocycles. The lowest BCUT2D eigenvalue weighted by Gasteiger charge is -2.33. The molecular formula is C20H23Cl2N3O3S. The van der Waals surface area contributed by atoms with Crippen LogP contribution in [0.3, 0.4) is 0 Å². The van der Waals surface area contributed by atoms with E-state index < -0.39 is 10.0 Å². The summed E-state index contributed by atoms with van der Waals surface area (Å²) in [5, 5.41) is 3.11. The summed E-state index contributed by atoms with van der Waals surface area (Å²) in [6, 6.07) is 10.5. The molecule has 0 bridgehead atoms. The van der Waals surface area contributed by atoms with E-state index >= 15 is 0 Å². The Morgan fingerprint density at radius 1 is 1.00 bits per heavy atom. The summed E-state index contributed by atoms with van der Waals surface area (Å²) in [6.45, 7) is 5.58. The first kappa shape index (κ1) is 22.1. The minimum Gasteiger partial charge on any atom is -0.325 e. The van der Waals surface area contributed by atoms with Gasteiger partial charge < -0.3 is 5.32 Å². The quantitative estimate of drug-likeness (QED) is 0.747. The Morgan fingerprint density at radius 2 is 1.55 bits per heavy atom. The number of amides is 1. The zero-order chi connectivity index (χ0) is 21.2. The Kier molecular flexibility index (Phi) is 6.86. The van der Waals surface area contributed by atoms with Crippen LogP contribution in [-0.2, 0) is 14.8 Å². The van der Waals surface area contributed by atoms with E-state index in [0.717, 1.165) is 16.8 Å². The standard InChI is InChI=1S/C20H23Cl2N3O3S/c1-14-10-15(2)12-16(11-14)23-19(26)13-24-6-8-25(9-7-24)29(27,28)20-17(21)4-3-5-18(20)22/h3-5,10-12H,6-9,13H2,1-2H3,(H,23,26). The second kappa shape index (κ2) is 9.02. The molecule has 1 N–H and O–H groups in total. The second-order valence-electron chi connectivity index (χ2n) is 7.16. The molecule has 0 spiro atoms. The lowest BCUT2D eigenvalue weighted by Crippen LogP contribution is -2.50. The molecule has 29 heavy (non-hydrogen) atoms. The summed E-state index contributed by atoms with van der Waals surface area (Å²) in [7, 11) is -3.79. The number of nitrogens with zero attached hydrogens (tertiary/aromatic N) is 2. The summed E-state index contributed by atoms with van der Waals surface area (Å²) in [4.78, 5) is 14.2. The van der Waals surface area contributed by atoms with E-state index in [2.05, 4.69) is 5.32 Å². The van der Waals surface area contributed by atoms with Crippen molar-refractivity contribution in [1.29, 1.82) is 0 Å². The Labute approximate surface area is 181 Å². The number of aryl methyl sites for hydroxylation is 2. The summed E-state index contributed by atoms with van der Waals surface area (Å²) in [6.07, 6.45) is 0. The predicted octanol–water partition coefficient (Wildman–Crippen LogP) is 3.56. The van der Waals surface area contributed by atoms with Gasteiger partial charge in [-0.3, -0.25) is 9.69 Å². The average molecular weight is 456 g/mol. The maximum atomic E-state index is 12.9. The van der Waals surface area contributed by atoms with Crippen molar-refractivity contribution in [3.05, 3.63) is 57.6 Å². The third-order valence-electron chi connectivity index (χ3n) is 4.72. The normalized spacial score (nSPS) is 16.0. The van der Waals surface area contributed by atoms with Gasteiger partial charge in [0, 0.05) is 31.9 Å². The van der Waals surface area contributed by atoms with Crippen LogP contribution in [0.5, 0.6) is 0 Å². The number of carbonyl (C=O) groups excluding carboxylic acids is 1. The number of piperazine rings is 1. The molecule has 2 aromatic rings. The number of halogens is 2. The Balaban J connectivity index is 1.59. The van der Waals surface area contributed by atoms with Crippen molar-refractivity contribution >= 4 is 44.8 Å². The monoisotopic (exact) mass is 455 g/mol. The number of rotatable bonds is 5.